The molecule has 0 radical (unpaired) electrons. The number of nitrogens with one attached hydrogen (secondary N) is 2. The molecule has 0 aliphatic carbocycles. The quantitative estimate of drug-likeness (QED) is 0.477. The fourth-order valence-electron chi connectivity index (χ4n) is 1.46. The lowest BCUT2D eigenvalue weighted by Crippen LogP contribution is -2.33. The molecule has 1 rings (SSSR count). The predicted octanol–water partition coefficient (Wildman–Crippen LogP) is 1.41. The summed E-state index contributed by atoms with van der Waals surface area (Å²) in [5.41, 5.74) is 0.975. The first-order valence-electron chi connectivity index (χ1n) is 6.61. The molecule has 1 aromatic carbocycles. The Labute approximate surface area is 138 Å². The van der Waals surface area contributed by atoms with Crippen molar-refractivity contribution in [2.75, 3.05) is 19.0 Å². The zero-order valence-corrected chi connectivity index (χ0v) is 13.4. The third kappa shape index (κ3) is 6.70. The molecule has 7 nitrogen and oxygen atoms in total. The van der Waals surface area contributed by atoms with Crippen molar-refractivity contribution >= 4 is 40.9 Å². The summed E-state index contributed by atoms with van der Waals surface area (Å²) in [5, 5.41) is 5.19. The second kappa shape index (κ2) is 9.31. The molecule has 8 heteroatoms. The van der Waals surface area contributed by atoms with Crippen LogP contribution in [0.3, 0.4) is 0 Å². The van der Waals surface area contributed by atoms with Gasteiger partial charge in [-0.2, -0.15) is 0 Å². The van der Waals surface area contributed by atoms with Crippen LogP contribution >= 0.6 is 12.2 Å². The van der Waals surface area contributed by atoms with Crippen molar-refractivity contribution in [3.63, 3.8) is 0 Å². The van der Waals surface area contributed by atoms with Gasteiger partial charge in [-0.05, 0) is 43.4 Å². The monoisotopic (exact) mass is 336 g/mol. The number of hydrogen-bond donors (Lipinski definition) is 2. The molecule has 0 aliphatic heterocycles. The van der Waals surface area contributed by atoms with Gasteiger partial charge in [0.15, 0.2) is 5.11 Å². The zero-order chi connectivity index (χ0) is 17.2. The summed E-state index contributed by atoms with van der Waals surface area (Å²) < 4.78 is 9.23. The number of hydrogen-bond acceptors (Lipinski definition) is 6. The van der Waals surface area contributed by atoms with Crippen molar-refractivity contribution < 1.29 is 23.9 Å². The molecule has 1 amide bonds. The van der Waals surface area contributed by atoms with Crippen LogP contribution in [0.15, 0.2) is 36.4 Å². The van der Waals surface area contributed by atoms with E-state index in [4.69, 9.17) is 12.2 Å². The largest absolute Gasteiger partial charge is 0.465 e. The Bertz CT molecular complexity index is 625. The van der Waals surface area contributed by atoms with E-state index in [0.717, 1.165) is 12.2 Å². The van der Waals surface area contributed by atoms with Gasteiger partial charge in [0, 0.05) is 17.8 Å². The van der Waals surface area contributed by atoms with E-state index in [1.165, 1.54) is 7.11 Å². The molecule has 0 spiro atoms. The summed E-state index contributed by atoms with van der Waals surface area (Å²) in [6.45, 7) is 1.89. The SMILES string of the molecule is CCOC(=O)C=CC(=O)NC(=S)Nc1ccc(C(=O)OC)cc1. The van der Waals surface area contributed by atoms with Gasteiger partial charge < -0.3 is 14.8 Å². The summed E-state index contributed by atoms with van der Waals surface area (Å²) in [5.74, 6) is -1.63. The number of ether oxygens (including phenoxy) is 2. The van der Waals surface area contributed by atoms with Crippen LogP contribution in [0, 0.1) is 0 Å². The second-order valence-corrected chi connectivity index (χ2v) is 4.51. The molecule has 122 valence electrons. The maximum atomic E-state index is 11.5. The molecule has 0 fully saturated rings. The number of carbonyl (C=O) groups is 3. The third-order valence-corrected chi connectivity index (χ3v) is 2.66. The lowest BCUT2D eigenvalue weighted by molar-refractivity contribution is -0.137. The predicted molar refractivity (Wildman–Crippen MR) is 87.9 cm³/mol. The summed E-state index contributed by atoms with van der Waals surface area (Å²) in [6, 6.07) is 6.33. The van der Waals surface area contributed by atoms with E-state index >= 15 is 0 Å². The summed E-state index contributed by atoms with van der Waals surface area (Å²) in [7, 11) is 1.29. The molecule has 0 unspecified atom stereocenters. The molecular formula is C15H16N2O5S. The number of thiocarbonyl (C=S) groups is 1. The molecule has 0 saturated heterocycles. The van der Waals surface area contributed by atoms with Crippen LogP contribution in [0.5, 0.6) is 0 Å². The summed E-state index contributed by atoms with van der Waals surface area (Å²) >= 11 is 4.97. The Hall–Kier alpha value is -2.74. The smallest absolute Gasteiger partial charge is 0.337 e. The molecule has 0 saturated carbocycles. The van der Waals surface area contributed by atoms with Crippen molar-refractivity contribution in [1.82, 2.24) is 5.32 Å². The first-order chi connectivity index (χ1) is 11.0. The Morgan fingerprint density at radius 1 is 1.17 bits per heavy atom. The molecule has 23 heavy (non-hydrogen) atoms. The topological polar surface area (TPSA) is 93.7 Å². The van der Waals surface area contributed by atoms with Crippen LogP contribution in [0.4, 0.5) is 5.69 Å². The first kappa shape index (κ1) is 18.3. The minimum absolute atomic E-state index is 0.0503. The lowest BCUT2D eigenvalue weighted by Gasteiger charge is -2.08. The van der Waals surface area contributed by atoms with Crippen LogP contribution in [0.1, 0.15) is 17.3 Å². The van der Waals surface area contributed by atoms with E-state index < -0.39 is 17.8 Å². The van der Waals surface area contributed by atoms with Crippen molar-refractivity contribution in [2.24, 2.45) is 0 Å². The van der Waals surface area contributed by atoms with Gasteiger partial charge in [0.05, 0.1) is 19.3 Å². The molecular weight excluding hydrogens is 320 g/mol. The Morgan fingerprint density at radius 2 is 1.83 bits per heavy atom. The van der Waals surface area contributed by atoms with E-state index in [-0.39, 0.29) is 11.7 Å². The second-order valence-electron chi connectivity index (χ2n) is 4.10. The highest BCUT2D eigenvalue weighted by atomic mass is 32.1. The van der Waals surface area contributed by atoms with Crippen LogP contribution in [-0.4, -0.2) is 36.7 Å². The van der Waals surface area contributed by atoms with Crippen LogP contribution in [0.25, 0.3) is 0 Å². The first-order valence-corrected chi connectivity index (χ1v) is 7.02. The van der Waals surface area contributed by atoms with Crippen molar-refractivity contribution in [2.45, 2.75) is 6.92 Å². The molecule has 0 aliphatic rings. The number of benzene rings is 1. The van der Waals surface area contributed by atoms with Crippen molar-refractivity contribution in [3.05, 3.63) is 42.0 Å². The zero-order valence-electron chi connectivity index (χ0n) is 12.6. The number of methoxy groups -OCH3 is 1. The van der Waals surface area contributed by atoms with E-state index in [1.54, 1.807) is 31.2 Å². The van der Waals surface area contributed by atoms with Crippen molar-refractivity contribution in [3.8, 4) is 0 Å². The third-order valence-electron chi connectivity index (χ3n) is 2.46. The highest BCUT2D eigenvalue weighted by Gasteiger charge is 2.06. The number of carbonyl (C=O) groups excluding carboxylic acids is 3. The van der Waals surface area contributed by atoms with Crippen LogP contribution < -0.4 is 10.6 Å². The molecule has 0 atom stereocenters. The minimum atomic E-state index is -0.611. The summed E-state index contributed by atoms with van der Waals surface area (Å²) in [6.07, 6.45) is 2.03. The molecule has 0 heterocycles. The molecule has 0 bridgehead atoms. The number of anilines is 1. The van der Waals surface area contributed by atoms with E-state index in [9.17, 15) is 14.4 Å². The summed E-state index contributed by atoms with van der Waals surface area (Å²) in [4.78, 5) is 33.9. The van der Waals surface area contributed by atoms with Gasteiger partial charge in [0.25, 0.3) is 0 Å². The number of rotatable bonds is 5. The molecule has 1 aromatic rings. The highest BCUT2D eigenvalue weighted by molar-refractivity contribution is 7.80. The van der Waals surface area contributed by atoms with Gasteiger partial charge in [0.2, 0.25) is 5.91 Å². The maximum Gasteiger partial charge on any atom is 0.337 e. The van der Waals surface area contributed by atoms with E-state index in [0.29, 0.717) is 11.3 Å². The minimum Gasteiger partial charge on any atom is -0.465 e. The Balaban J connectivity index is 2.51. The number of amides is 1. The van der Waals surface area contributed by atoms with Gasteiger partial charge in [-0.1, -0.05) is 0 Å². The van der Waals surface area contributed by atoms with Crippen molar-refractivity contribution in [1.29, 1.82) is 0 Å². The normalized spacial score (nSPS) is 10.0. The fourth-order valence-corrected chi connectivity index (χ4v) is 1.68. The van der Waals surface area contributed by atoms with Gasteiger partial charge in [-0.3, -0.25) is 10.1 Å². The average molecular weight is 336 g/mol. The fraction of sp³-hybridized carbons (Fsp3) is 0.200. The van der Waals surface area contributed by atoms with Crippen LogP contribution in [-0.2, 0) is 19.1 Å². The average Bonchev–Trinajstić information content (AvgIpc) is 2.53. The lowest BCUT2D eigenvalue weighted by atomic mass is 10.2. The molecule has 2 N–H and O–H groups in total. The Morgan fingerprint density at radius 3 is 2.39 bits per heavy atom. The van der Waals surface area contributed by atoms with Gasteiger partial charge >= 0.3 is 11.9 Å². The number of esters is 2. The van der Waals surface area contributed by atoms with Crippen LogP contribution in [0.2, 0.25) is 0 Å². The van der Waals surface area contributed by atoms with Gasteiger partial charge in [-0.25, -0.2) is 9.59 Å². The molecule has 0 aromatic heterocycles. The van der Waals surface area contributed by atoms with E-state index in [2.05, 4.69) is 20.1 Å². The van der Waals surface area contributed by atoms with Gasteiger partial charge in [0.1, 0.15) is 0 Å². The van der Waals surface area contributed by atoms with Gasteiger partial charge in [-0.15, -0.1) is 0 Å². The standard InChI is InChI=1S/C15H16N2O5S/c1-3-22-13(19)9-8-12(18)17-15(23)16-11-6-4-10(5-7-11)14(20)21-2/h4-9H,3H2,1-2H3,(H2,16,17,18,23). The van der Waals surface area contributed by atoms with E-state index in [1.807, 2.05) is 0 Å². The maximum absolute atomic E-state index is 11.5. The highest BCUT2D eigenvalue weighted by Crippen LogP contribution is 2.10. The Kier molecular flexibility index (Phi) is 7.41.